The van der Waals surface area contributed by atoms with Gasteiger partial charge >= 0.3 is 6.09 Å². The van der Waals surface area contributed by atoms with Gasteiger partial charge in [-0.3, -0.25) is 4.79 Å². The van der Waals surface area contributed by atoms with Crippen LogP contribution >= 0.6 is 0 Å². The maximum absolute atomic E-state index is 13.0. The lowest BCUT2D eigenvalue weighted by Gasteiger charge is -2.31. The van der Waals surface area contributed by atoms with Crippen LogP contribution in [0, 0.1) is 0 Å². The van der Waals surface area contributed by atoms with Gasteiger partial charge < -0.3 is 15.4 Å². The molecule has 2 aromatic carbocycles. The highest BCUT2D eigenvalue weighted by molar-refractivity contribution is 7.88. The summed E-state index contributed by atoms with van der Waals surface area (Å²) in [6.07, 6.45) is 1.88. The summed E-state index contributed by atoms with van der Waals surface area (Å²) >= 11 is 0. The quantitative estimate of drug-likeness (QED) is 0.629. The number of ether oxygens (including phenoxy) is 1. The lowest BCUT2D eigenvalue weighted by molar-refractivity contribution is -0.124. The van der Waals surface area contributed by atoms with E-state index in [9.17, 15) is 18.0 Å². The SMILES string of the molecule is CS(=O)(=O)N1CCC(NC(=O)[C@H](Cc2ccccc2)NC(=O)OCc2ccccc2)CC1. The summed E-state index contributed by atoms with van der Waals surface area (Å²) in [6.45, 7) is 0.829. The number of hydrogen-bond acceptors (Lipinski definition) is 5. The molecular weight excluding hydrogens is 430 g/mol. The van der Waals surface area contributed by atoms with Crippen molar-refractivity contribution in [2.75, 3.05) is 19.3 Å². The van der Waals surface area contributed by atoms with Crippen LogP contribution in [0.5, 0.6) is 0 Å². The molecule has 2 amide bonds. The molecule has 0 spiro atoms. The number of carbonyl (C=O) groups excluding carboxylic acids is 2. The topological polar surface area (TPSA) is 105 Å². The molecule has 0 unspecified atom stereocenters. The fourth-order valence-electron chi connectivity index (χ4n) is 3.60. The van der Waals surface area contributed by atoms with E-state index in [1.165, 1.54) is 10.6 Å². The summed E-state index contributed by atoms with van der Waals surface area (Å²) in [4.78, 5) is 25.4. The maximum Gasteiger partial charge on any atom is 0.408 e. The van der Waals surface area contributed by atoms with Gasteiger partial charge in [0.05, 0.1) is 6.26 Å². The van der Waals surface area contributed by atoms with Gasteiger partial charge in [0.25, 0.3) is 0 Å². The number of nitrogens with one attached hydrogen (secondary N) is 2. The highest BCUT2D eigenvalue weighted by atomic mass is 32.2. The Balaban J connectivity index is 1.59. The number of nitrogens with zero attached hydrogens (tertiary/aromatic N) is 1. The van der Waals surface area contributed by atoms with E-state index in [1.807, 2.05) is 60.7 Å². The molecule has 9 heteroatoms. The molecule has 172 valence electrons. The molecule has 1 aliphatic rings. The van der Waals surface area contributed by atoms with E-state index >= 15 is 0 Å². The van der Waals surface area contributed by atoms with Crippen molar-refractivity contribution in [2.24, 2.45) is 0 Å². The molecular formula is C23H29N3O5S. The highest BCUT2D eigenvalue weighted by Crippen LogP contribution is 2.14. The van der Waals surface area contributed by atoms with Gasteiger partial charge in [-0.05, 0) is 24.0 Å². The molecule has 0 radical (unpaired) electrons. The Hall–Kier alpha value is -2.91. The summed E-state index contributed by atoms with van der Waals surface area (Å²) < 4.78 is 30.1. The number of rotatable bonds is 8. The maximum atomic E-state index is 13.0. The zero-order valence-corrected chi connectivity index (χ0v) is 18.9. The smallest absolute Gasteiger partial charge is 0.408 e. The molecule has 1 saturated heterocycles. The number of hydrogen-bond donors (Lipinski definition) is 2. The van der Waals surface area contributed by atoms with Gasteiger partial charge in [-0.1, -0.05) is 60.7 Å². The van der Waals surface area contributed by atoms with Crippen molar-refractivity contribution in [3.8, 4) is 0 Å². The molecule has 0 bridgehead atoms. The Kier molecular flexibility index (Phi) is 8.24. The predicted octanol–water partition coefficient (Wildman–Crippen LogP) is 2.06. The molecule has 0 aliphatic carbocycles. The lowest BCUT2D eigenvalue weighted by atomic mass is 10.0. The highest BCUT2D eigenvalue weighted by Gasteiger charge is 2.29. The second-order valence-electron chi connectivity index (χ2n) is 7.89. The third kappa shape index (κ3) is 7.35. The number of sulfonamides is 1. The number of alkyl carbamates (subject to hydrolysis) is 1. The second-order valence-corrected chi connectivity index (χ2v) is 9.88. The third-order valence-electron chi connectivity index (χ3n) is 5.37. The molecule has 1 atom stereocenters. The Labute approximate surface area is 189 Å². The largest absolute Gasteiger partial charge is 0.445 e. The molecule has 0 saturated carbocycles. The minimum atomic E-state index is -3.23. The third-order valence-corrected chi connectivity index (χ3v) is 6.68. The van der Waals surface area contributed by atoms with E-state index in [2.05, 4.69) is 10.6 Å². The summed E-state index contributed by atoms with van der Waals surface area (Å²) in [5.74, 6) is -0.316. The van der Waals surface area contributed by atoms with Crippen molar-refractivity contribution >= 4 is 22.0 Å². The Morgan fingerprint density at radius 2 is 1.56 bits per heavy atom. The summed E-state index contributed by atoms with van der Waals surface area (Å²) in [5, 5.41) is 5.64. The van der Waals surface area contributed by atoms with Crippen LogP contribution in [0.2, 0.25) is 0 Å². The van der Waals surface area contributed by atoms with Crippen molar-refractivity contribution in [2.45, 2.75) is 38.0 Å². The number of benzene rings is 2. The van der Waals surface area contributed by atoms with E-state index in [1.54, 1.807) is 0 Å². The minimum Gasteiger partial charge on any atom is -0.445 e. The van der Waals surface area contributed by atoms with E-state index in [0.29, 0.717) is 32.4 Å². The van der Waals surface area contributed by atoms with E-state index in [0.717, 1.165) is 11.1 Å². The molecule has 32 heavy (non-hydrogen) atoms. The number of carbonyl (C=O) groups is 2. The van der Waals surface area contributed by atoms with Crippen LogP contribution in [-0.2, 0) is 32.6 Å². The molecule has 1 heterocycles. The molecule has 8 nitrogen and oxygen atoms in total. The zero-order chi connectivity index (χ0) is 23.0. The Morgan fingerprint density at radius 1 is 1.00 bits per heavy atom. The first kappa shape index (κ1) is 23.7. The molecule has 1 aliphatic heterocycles. The molecule has 2 aromatic rings. The first-order chi connectivity index (χ1) is 15.3. The molecule has 3 rings (SSSR count). The predicted molar refractivity (Wildman–Crippen MR) is 121 cm³/mol. The first-order valence-corrected chi connectivity index (χ1v) is 12.4. The monoisotopic (exact) mass is 459 g/mol. The number of piperidine rings is 1. The van der Waals surface area contributed by atoms with Gasteiger partial charge in [-0.2, -0.15) is 0 Å². The minimum absolute atomic E-state index is 0.107. The fourth-order valence-corrected chi connectivity index (χ4v) is 4.47. The van der Waals surface area contributed by atoms with Crippen LogP contribution in [0.15, 0.2) is 60.7 Å². The van der Waals surface area contributed by atoms with Crippen molar-refractivity contribution < 1.29 is 22.7 Å². The van der Waals surface area contributed by atoms with Crippen molar-refractivity contribution in [1.29, 1.82) is 0 Å². The Bertz CT molecular complexity index is 991. The number of amides is 2. The summed E-state index contributed by atoms with van der Waals surface area (Å²) in [5.41, 5.74) is 1.76. The van der Waals surface area contributed by atoms with Crippen LogP contribution in [0.4, 0.5) is 4.79 Å². The summed E-state index contributed by atoms with van der Waals surface area (Å²) in [7, 11) is -3.23. The second kappa shape index (κ2) is 11.1. The van der Waals surface area contributed by atoms with Gasteiger partial charge in [0, 0.05) is 25.6 Å². The summed E-state index contributed by atoms with van der Waals surface area (Å²) in [6, 6.07) is 17.7. The fraction of sp³-hybridized carbons (Fsp3) is 0.391. The van der Waals surface area contributed by atoms with E-state index in [-0.39, 0.29) is 18.6 Å². The van der Waals surface area contributed by atoms with E-state index < -0.39 is 22.2 Å². The lowest BCUT2D eigenvalue weighted by Crippen LogP contribution is -2.53. The van der Waals surface area contributed by atoms with Crippen LogP contribution in [0.25, 0.3) is 0 Å². The van der Waals surface area contributed by atoms with Crippen molar-refractivity contribution in [3.63, 3.8) is 0 Å². The standard InChI is InChI=1S/C23H29N3O5S/c1-32(29,30)26-14-12-20(13-15-26)24-22(27)21(16-18-8-4-2-5-9-18)25-23(28)31-17-19-10-6-3-7-11-19/h2-11,20-21H,12-17H2,1H3,(H,24,27)(H,25,28)/t21-/m0/s1. The van der Waals surface area contributed by atoms with Crippen molar-refractivity contribution in [3.05, 3.63) is 71.8 Å². The molecule has 2 N–H and O–H groups in total. The Morgan fingerprint density at radius 3 is 2.12 bits per heavy atom. The first-order valence-electron chi connectivity index (χ1n) is 10.6. The van der Waals surface area contributed by atoms with Crippen LogP contribution in [0.1, 0.15) is 24.0 Å². The zero-order valence-electron chi connectivity index (χ0n) is 18.1. The molecule has 1 fully saturated rings. The van der Waals surface area contributed by atoms with Gasteiger partial charge in [0.15, 0.2) is 0 Å². The average Bonchev–Trinajstić information content (AvgIpc) is 2.78. The van der Waals surface area contributed by atoms with Crippen LogP contribution < -0.4 is 10.6 Å². The van der Waals surface area contributed by atoms with Gasteiger partial charge in [-0.25, -0.2) is 17.5 Å². The van der Waals surface area contributed by atoms with Gasteiger partial charge in [-0.15, -0.1) is 0 Å². The normalized spacial score (nSPS) is 16.2. The molecule has 0 aromatic heterocycles. The van der Waals surface area contributed by atoms with Crippen LogP contribution in [-0.4, -0.2) is 56.2 Å². The van der Waals surface area contributed by atoms with Gasteiger partial charge in [0.2, 0.25) is 15.9 Å². The van der Waals surface area contributed by atoms with Gasteiger partial charge in [0.1, 0.15) is 12.6 Å². The van der Waals surface area contributed by atoms with Crippen LogP contribution in [0.3, 0.4) is 0 Å². The average molecular weight is 460 g/mol. The van der Waals surface area contributed by atoms with Crippen molar-refractivity contribution in [1.82, 2.24) is 14.9 Å². The van der Waals surface area contributed by atoms with E-state index in [4.69, 9.17) is 4.74 Å².